The van der Waals surface area contributed by atoms with Gasteiger partial charge in [-0.3, -0.25) is 4.72 Å². The van der Waals surface area contributed by atoms with Gasteiger partial charge in [-0.15, -0.1) is 0 Å². The standard InChI is InChI=1S/C19H23NO4S/c1-2-3-4-5-8-15-11-13-16(14-12-15)25(23,24)20-18-10-7-6-9-17(18)19(21)22/h6-7,9-14,20H,2-5,8H2,1H3,(H,21,22). The van der Waals surface area contributed by atoms with E-state index < -0.39 is 16.0 Å². The Hall–Kier alpha value is -2.34. The molecule has 0 aliphatic carbocycles. The molecule has 6 heteroatoms. The summed E-state index contributed by atoms with van der Waals surface area (Å²) in [5.41, 5.74) is 1.07. The minimum atomic E-state index is -3.83. The number of rotatable bonds is 9. The molecule has 0 atom stereocenters. The molecule has 0 aromatic heterocycles. The lowest BCUT2D eigenvalue weighted by atomic mass is 10.1. The van der Waals surface area contributed by atoms with E-state index in [4.69, 9.17) is 5.11 Å². The highest BCUT2D eigenvalue weighted by Gasteiger charge is 2.18. The van der Waals surface area contributed by atoms with Crippen LogP contribution in [-0.2, 0) is 16.4 Å². The van der Waals surface area contributed by atoms with Crippen molar-refractivity contribution in [3.8, 4) is 0 Å². The summed E-state index contributed by atoms with van der Waals surface area (Å²) in [7, 11) is -3.83. The van der Waals surface area contributed by atoms with Crippen molar-refractivity contribution in [2.45, 2.75) is 43.9 Å². The molecule has 0 heterocycles. The van der Waals surface area contributed by atoms with E-state index in [0.29, 0.717) is 0 Å². The van der Waals surface area contributed by atoms with E-state index >= 15 is 0 Å². The maximum Gasteiger partial charge on any atom is 0.337 e. The number of sulfonamides is 1. The topological polar surface area (TPSA) is 83.5 Å². The van der Waals surface area contributed by atoms with E-state index in [2.05, 4.69) is 11.6 Å². The van der Waals surface area contributed by atoms with E-state index in [0.717, 1.165) is 18.4 Å². The fraction of sp³-hybridized carbons (Fsp3) is 0.316. The lowest BCUT2D eigenvalue weighted by molar-refractivity contribution is 0.0698. The molecule has 2 N–H and O–H groups in total. The molecule has 0 saturated heterocycles. The third-order valence-electron chi connectivity index (χ3n) is 3.95. The van der Waals surface area contributed by atoms with Crippen LogP contribution in [0.15, 0.2) is 53.4 Å². The van der Waals surface area contributed by atoms with Gasteiger partial charge in [-0.25, -0.2) is 13.2 Å². The molecule has 0 spiro atoms. The number of carboxylic acid groups (broad SMARTS) is 1. The summed E-state index contributed by atoms with van der Waals surface area (Å²) in [4.78, 5) is 11.3. The summed E-state index contributed by atoms with van der Waals surface area (Å²) in [5, 5.41) is 9.16. The van der Waals surface area contributed by atoms with Crippen molar-refractivity contribution in [3.05, 3.63) is 59.7 Å². The molecule has 0 aliphatic rings. The Balaban J connectivity index is 2.11. The van der Waals surface area contributed by atoms with Gasteiger partial charge in [-0.2, -0.15) is 0 Å². The van der Waals surface area contributed by atoms with Crippen LogP contribution >= 0.6 is 0 Å². The predicted molar refractivity (Wildman–Crippen MR) is 98.5 cm³/mol. The van der Waals surface area contributed by atoms with Crippen LogP contribution in [0.5, 0.6) is 0 Å². The quantitative estimate of drug-likeness (QED) is 0.652. The molecule has 0 saturated carbocycles. The van der Waals surface area contributed by atoms with Gasteiger partial charge in [-0.05, 0) is 42.7 Å². The first-order valence-electron chi connectivity index (χ1n) is 8.38. The number of para-hydroxylation sites is 1. The fourth-order valence-electron chi connectivity index (χ4n) is 2.55. The highest BCUT2D eigenvalue weighted by Crippen LogP contribution is 2.21. The van der Waals surface area contributed by atoms with Crippen molar-refractivity contribution in [2.75, 3.05) is 4.72 Å². The Morgan fingerprint density at radius 2 is 1.68 bits per heavy atom. The summed E-state index contributed by atoms with van der Waals surface area (Å²) < 4.78 is 27.3. The molecular weight excluding hydrogens is 338 g/mol. The number of nitrogens with one attached hydrogen (secondary N) is 1. The molecule has 0 bridgehead atoms. The van der Waals surface area contributed by atoms with Crippen molar-refractivity contribution in [3.63, 3.8) is 0 Å². The summed E-state index contributed by atoms with van der Waals surface area (Å²) in [6.07, 6.45) is 5.57. The van der Waals surface area contributed by atoms with Crippen LogP contribution in [-0.4, -0.2) is 19.5 Å². The molecule has 2 rings (SSSR count). The molecule has 0 amide bonds. The predicted octanol–water partition coefficient (Wildman–Crippen LogP) is 4.31. The number of aryl methyl sites for hydroxylation is 1. The molecule has 25 heavy (non-hydrogen) atoms. The summed E-state index contributed by atoms with van der Waals surface area (Å²) in [5.74, 6) is -1.18. The molecule has 134 valence electrons. The number of carboxylic acids is 1. The van der Waals surface area contributed by atoms with Crippen LogP contribution in [0.25, 0.3) is 0 Å². The third-order valence-corrected chi connectivity index (χ3v) is 5.34. The Kier molecular flexibility index (Phi) is 6.58. The number of hydrogen-bond donors (Lipinski definition) is 2. The van der Waals surface area contributed by atoms with Gasteiger partial charge in [0, 0.05) is 0 Å². The number of unbranched alkanes of at least 4 members (excludes halogenated alkanes) is 3. The van der Waals surface area contributed by atoms with E-state index in [1.807, 2.05) is 12.1 Å². The average Bonchev–Trinajstić information content (AvgIpc) is 2.59. The zero-order valence-electron chi connectivity index (χ0n) is 14.2. The second-order valence-electron chi connectivity index (χ2n) is 5.91. The molecule has 2 aromatic carbocycles. The SMILES string of the molecule is CCCCCCc1ccc(S(=O)(=O)Nc2ccccc2C(=O)O)cc1. The van der Waals surface area contributed by atoms with Crippen molar-refractivity contribution in [1.82, 2.24) is 0 Å². The maximum atomic E-state index is 12.5. The van der Waals surface area contributed by atoms with E-state index in [1.165, 1.54) is 31.4 Å². The number of aromatic carboxylic acids is 1. The Morgan fingerprint density at radius 1 is 1.00 bits per heavy atom. The zero-order chi connectivity index (χ0) is 18.3. The van der Waals surface area contributed by atoms with Crippen molar-refractivity contribution < 1.29 is 18.3 Å². The van der Waals surface area contributed by atoms with E-state index in [9.17, 15) is 13.2 Å². The molecule has 0 radical (unpaired) electrons. The number of carbonyl (C=O) groups is 1. The van der Waals surface area contributed by atoms with Crippen molar-refractivity contribution in [2.24, 2.45) is 0 Å². The van der Waals surface area contributed by atoms with Crippen LogP contribution in [0.3, 0.4) is 0 Å². The highest BCUT2D eigenvalue weighted by molar-refractivity contribution is 7.92. The highest BCUT2D eigenvalue weighted by atomic mass is 32.2. The maximum absolute atomic E-state index is 12.5. The van der Waals surface area contributed by atoms with Gasteiger partial charge in [-0.1, -0.05) is 50.5 Å². The fourth-order valence-corrected chi connectivity index (χ4v) is 3.63. The molecule has 2 aromatic rings. The van der Waals surface area contributed by atoms with Gasteiger partial charge < -0.3 is 5.11 Å². The Labute approximate surface area is 148 Å². The minimum Gasteiger partial charge on any atom is -0.478 e. The zero-order valence-corrected chi connectivity index (χ0v) is 15.1. The first-order chi connectivity index (χ1) is 11.9. The minimum absolute atomic E-state index is 0.0543. The lowest BCUT2D eigenvalue weighted by Crippen LogP contribution is -2.15. The van der Waals surface area contributed by atoms with Gasteiger partial charge in [0.15, 0.2) is 0 Å². The van der Waals surface area contributed by atoms with Gasteiger partial charge >= 0.3 is 5.97 Å². The lowest BCUT2D eigenvalue weighted by Gasteiger charge is -2.11. The summed E-state index contributed by atoms with van der Waals surface area (Å²) in [6, 6.07) is 12.7. The third kappa shape index (κ3) is 5.32. The monoisotopic (exact) mass is 361 g/mol. The first kappa shape index (κ1) is 19.0. The number of hydrogen-bond acceptors (Lipinski definition) is 3. The Bertz CT molecular complexity index is 814. The van der Waals surface area contributed by atoms with Gasteiger partial charge in [0.25, 0.3) is 10.0 Å². The largest absolute Gasteiger partial charge is 0.478 e. The molecule has 0 fully saturated rings. The first-order valence-corrected chi connectivity index (χ1v) is 9.86. The molecule has 0 unspecified atom stereocenters. The second kappa shape index (κ2) is 8.67. The van der Waals surface area contributed by atoms with Gasteiger partial charge in [0.1, 0.15) is 0 Å². The Morgan fingerprint density at radius 3 is 2.32 bits per heavy atom. The van der Waals surface area contributed by atoms with Crippen LogP contribution < -0.4 is 4.72 Å². The van der Waals surface area contributed by atoms with Gasteiger partial charge in [0.05, 0.1) is 16.1 Å². The van der Waals surface area contributed by atoms with E-state index in [-0.39, 0.29) is 16.1 Å². The van der Waals surface area contributed by atoms with Gasteiger partial charge in [0.2, 0.25) is 0 Å². The summed E-state index contributed by atoms with van der Waals surface area (Å²) >= 11 is 0. The number of benzene rings is 2. The number of anilines is 1. The average molecular weight is 361 g/mol. The van der Waals surface area contributed by atoms with Crippen LogP contribution in [0.1, 0.15) is 48.5 Å². The van der Waals surface area contributed by atoms with Crippen LogP contribution in [0.4, 0.5) is 5.69 Å². The molecular formula is C19H23NO4S. The smallest absolute Gasteiger partial charge is 0.337 e. The van der Waals surface area contributed by atoms with Crippen LogP contribution in [0.2, 0.25) is 0 Å². The van der Waals surface area contributed by atoms with Crippen LogP contribution in [0, 0.1) is 0 Å². The van der Waals surface area contributed by atoms with Crippen molar-refractivity contribution >= 4 is 21.7 Å². The normalized spacial score (nSPS) is 11.2. The summed E-state index contributed by atoms with van der Waals surface area (Å²) in [6.45, 7) is 2.16. The molecule has 0 aliphatic heterocycles. The van der Waals surface area contributed by atoms with E-state index in [1.54, 1.807) is 24.3 Å². The second-order valence-corrected chi connectivity index (χ2v) is 7.59. The molecule has 5 nitrogen and oxygen atoms in total. The van der Waals surface area contributed by atoms with Crippen molar-refractivity contribution in [1.29, 1.82) is 0 Å².